The summed E-state index contributed by atoms with van der Waals surface area (Å²) in [5, 5.41) is 3.95. The molecule has 0 N–H and O–H groups in total. The van der Waals surface area contributed by atoms with Crippen LogP contribution in [-0.4, -0.2) is 19.5 Å². The summed E-state index contributed by atoms with van der Waals surface area (Å²) in [5.41, 5.74) is 5.97. The van der Waals surface area contributed by atoms with Gasteiger partial charge in [-0.2, -0.15) is 9.97 Å². The van der Waals surface area contributed by atoms with Crippen LogP contribution in [0.1, 0.15) is 24.1 Å². The third-order valence-corrected chi connectivity index (χ3v) is 8.79. The molecule has 0 aliphatic heterocycles. The molecule has 1 aliphatic rings. The summed E-state index contributed by atoms with van der Waals surface area (Å²) in [6.45, 7) is 0. The van der Waals surface area contributed by atoms with Crippen LogP contribution < -0.4 is 0 Å². The van der Waals surface area contributed by atoms with E-state index in [9.17, 15) is 0 Å². The Labute approximate surface area is 224 Å². The molecule has 0 atom stereocenters. The Balaban J connectivity index is 1.46. The van der Waals surface area contributed by atoms with E-state index >= 15 is 0 Å². The van der Waals surface area contributed by atoms with Gasteiger partial charge in [-0.25, -0.2) is 4.98 Å². The van der Waals surface area contributed by atoms with Crippen molar-refractivity contribution < 1.29 is 0 Å². The first-order valence-electron chi connectivity index (χ1n) is 13.2. The lowest BCUT2D eigenvalue weighted by Crippen LogP contribution is -2.11. The van der Waals surface area contributed by atoms with E-state index in [1.807, 2.05) is 47.7 Å². The van der Waals surface area contributed by atoms with Gasteiger partial charge in [0.1, 0.15) is 0 Å². The fourth-order valence-electron chi connectivity index (χ4n) is 5.88. The maximum Gasteiger partial charge on any atom is 0.238 e. The highest BCUT2D eigenvalue weighted by atomic mass is 32.1. The summed E-state index contributed by atoms with van der Waals surface area (Å²) >= 11 is 1.88. The summed E-state index contributed by atoms with van der Waals surface area (Å²) in [6.07, 6.45) is 4.53. The van der Waals surface area contributed by atoms with Crippen LogP contribution in [-0.2, 0) is 12.8 Å². The predicted octanol–water partition coefficient (Wildman–Crippen LogP) is 8.40. The van der Waals surface area contributed by atoms with Gasteiger partial charge < -0.3 is 0 Å². The minimum atomic E-state index is 0.697. The molecule has 182 valence electrons. The second-order valence-corrected chi connectivity index (χ2v) is 11.0. The minimum absolute atomic E-state index is 0.697. The number of fused-ring (bicyclic) bond motifs is 6. The van der Waals surface area contributed by atoms with E-state index in [1.165, 1.54) is 55.2 Å². The van der Waals surface area contributed by atoms with Crippen LogP contribution in [0.15, 0.2) is 97.1 Å². The van der Waals surface area contributed by atoms with Gasteiger partial charge in [0.05, 0.1) is 5.52 Å². The van der Waals surface area contributed by atoms with Gasteiger partial charge >= 0.3 is 0 Å². The number of rotatable bonds is 3. The van der Waals surface area contributed by atoms with Crippen molar-refractivity contribution in [2.45, 2.75) is 25.7 Å². The zero-order valence-electron chi connectivity index (χ0n) is 20.8. The van der Waals surface area contributed by atoms with Crippen LogP contribution in [0.3, 0.4) is 0 Å². The molecule has 0 bridgehead atoms. The van der Waals surface area contributed by atoms with Crippen molar-refractivity contribution in [2.75, 3.05) is 0 Å². The Hall–Kier alpha value is -4.35. The minimum Gasteiger partial charge on any atom is -0.282 e. The molecule has 1 aliphatic carbocycles. The van der Waals surface area contributed by atoms with Crippen molar-refractivity contribution in [1.29, 1.82) is 0 Å². The van der Waals surface area contributed by atoms with Crippen molar-refractivity contribution in [1.82, 2.24) is 19.5 Å². The molecule has 0 radical (unpaired) electrons. The highest BCUT2D eigenvalue weighted by molar-refractivity contribution is 7.25. The highest BCUT2D eigenvalue weighted by Gasteiger charge is 2.24. The van der Waals surface area contributed by atoms with Gasteiger partial charge in [-0.3, -0.25) is 4.57 Å². The monoisotopic (exact) mass is 508 g/mol. The number of thiophene rings is 1. The lowest BCUT2D eigenvalue weighted by Gasteiger charge is -2.16. The van der Waals surface area contributed by atoms with Gasteiger partial charge in [0, 0.05) is 42.4 Å². The fraction of sp³-hybridized carbons (Fsp3) is 0.121. The normalized spacial score (nSPS) is 13.4. The van der Waals surface area contributed by atoms with Gasteiger partial charge in [0.15, 0.2) is 11.6 Å². The number of aromatic nitrogens is 4. The largest absolute Gasteiger partial charge is 0.282 e. The molecule has 38 heavy (non-hydrogen) atoms. The first kappa shape index (κ1) is 21.7. The Morgan fingerprint density at radius 3 is 1.97 bits per heavy atom. The van der Waals surface area contributed by atoms with E-state index in [0.717, 1.165) is 24.0 Å². The Bertz CT molecular complexity index is 1910. The number of hydrogen-bond donors (Lipinski definition) is 0. The lowest BCUT2D eigenvalue weighted by molar-refractivity contribution is 0.661. The van der Waals surface area contributed by atoms with E-state index in [0.29, 0.717) is 17.6 Å². The van der Waals surface area contributed by atoms with Gasteiger partial charge in [-0.1, -0.05) is 78.9 Å². The van der Waals surface area contributed by atoms with Crippen molar-refractivity contribution in [3.8, 4) is 28.7 Å². The quantitative estimate of drug-likeness (QED) is 0.241. The van der Waals surface area contributed by atoms with Crippen molar-refractivity contribution >= 4 is 42.4 Å². The molecule has 0 saturated carbocycles. The van der Waals surface area contributed by atoms with Crippen LogP contribution >= 0.6 is 11.3 Å². The summed E-state index contributed by atoms with van der Waals surface area (Å²) in [4.78, 5) is 15.1. The summed E-state index contributed by atoms with van der Waals surface area (Å²) in [6, 6.07) is 33.9. The standard InChI is InChI=1S/C33H24N4S/c1-3-11-21(12-4-1)31-34-32(22-13-5-2-6-14-22)36-33(35-31)37-27-17-9-7-15-23(27)25-20-30-26(19-28(25)37)24-16-8-10-18-29(24)38-30/h1-6,8,10-14,16,18-20H,7,9,15,17H2. The molecule has 0 saturated heterocycles. The second kappa shape index (κ2) is 8.61. The van der Waals surface area contributed by atoms with Crippen molar-refractivity contribution in [2.24, 2.45) is 0 Å². The fourth-order valence-corrected chi connectivity index (χ4v) is 7.01. The maximum absolute atomic E-state index is 5.10. The molecule has 3 aromatic heterocycles. The zero-order chi connectivity index (χ0) is 25.1. The molecule has 0 spiro atoms. The average Bonchev–Trinajstić information content (AvgIpc) is 3.51. The molecular weight excluding hydrogens is 484 g/mol. The number of nitrogens with zero attached hydrogens (tertiary/aromatic N) is 4. The molecule has 7 aromatic rings. The zero-order valence-corrected chi connectivity index (χ0v) is 21.6. The third kappa shape index (κ3) is 3.39. The van der Waals surface area contributed by atoms with Crippen LogP contribution in [0.2, 0.25) is 0 Å². The molecular formula is C33H24N4S. The predicted molar refractivity (Wildman–Crippen MR) is 157 cm³/mol. The Morgan fingerprint density at radius 2 is 1.24 bits per heavy atom. The van der Waals surface area contributed by atoms with E-state index in [1.54, 1.807) is 0 Å². The molecule has 0 fully saturated rings. The van der Waals surface area contributed by atoms with E-state index < -0.39 is 0 Å². The summed E-state index contributed by atoms with van der Waals surface area (Å²) < 4.78 is 5.00. The molecule has 4 nitrogen and oxygen atoms in total. The van der Waals surface area contributed by atoms with E-state index in [2.05, 4.69) is 65.2 Å². The number of hydrogen-bond acceptors (Lipinski definition) is 4. The number of benzene rings is 4. The molecule has 3 heterocycles. The first-order chi connectivity index (χ1) is 18.8. The maximum atomic E-state index is 5.10. The smallest absolute Gasteiger partial charge is 0.238 e. The van der Waals surface area contributed by atoms with Crippen LogP contribution in [0, 0.1) is 0 Å². The molecule has 8 rings (SSSR count). The lowest BCUT2D eigenvalue weighted by atomic mass is 9.95. The first-order valence-corrected chi connectivity index (χ1v) is 14.0. The van der Waals surface area contributed by atoms with Crippen molar-refractivity contribution in [3.05, 3.63) is 108 Å². The molecule has 5 heteroatoms. The summed E-state index contributed by atoms with van der Waals surface area (Å²) in [5.74, 6) is 2.09. The average molecular weight is 509 g/mol. The van der Waals surface area contributed by atoms with E-state index in [-0.39, 0.29) is 0 Å². The second-order valence-electron chi connectivity index (χ2n) is 9.95. The molecule has 0 unspecified atom stereocenters. The van der Waals surface area contributed by atoms with Crippen LogP contribution in [0.5, 0.6) is 0 Å². The third-order valence-electron chi connectivity index (χ3n) is 7.66. The van der Waals surface area contributed by atoms with Gasteiger partial charge in [-0.05, 0) is 49.4 Å². The molecule has 0 amide bonds. The Morgan fingerprint density at radius 1 is 0.579 bits per heavy atom. The number of aryl methyl sites for hydroxylation is 1. The van der Waals surface area contributed by atoms with Gasteiger partial charge in [0.25, 0.3) is 0 Å². The summed E-state index contributed by atoms with van der Waals surface area (Å²) in [7, 11) is 0. The van der Waals surface area contributed by atoms with Gasteiger partial charge in [0.2, 0.25) is 5.95 Å². The SMILES string of the molecule is c1ccc(-c2nc(-c3ccccc3)nc(-n3c4c(c5cc6sc7ccccc7c6cc53)CCCC4)n2)cc1. The van der Waals surface area contributed by atoms with Crippen LogP contribution in [0.4, 0.5) is 0 Å². The topological polar surface area (TPSA) is 43.6 Å². The van der Waals surface area contributed by atoms with Crippen LogP contribution in [0.25, 0.3) is 59.8 Å². The van der Waals surface area contributed by atoms with Gasteiger partial charge in [-0.15, -0.1) is 11.3 Å². The Kier molecular flexibility index (Phi) is 4.92. The highest BCUT2D eigenvalue weighted by Crippen LogP contribution is 2.41. The molecule has 4 aromatic carbocycles. The van der Waals surface area contributed by atoms with E-state index in [4.69, 9.17) is 15.0 Å². The van der Waals surface area contributed by atoms with Crippen molar-refractivity contribution in [3.63, 3.8) is 0 Å².